The number of hydroxylamine groups is 1. The molecule has 2 rings (SSSR count). The zero-order chi connectivity index (χ0) is 19.6. The summed E-state index contributed by atoms with van der Waals surface area (Å²) in [5.74, 6) is 10.4. The molecule has 0 bridgehead atoms. The number of anilines is 1. The average molecular weight is 362 g/mol. The SMILES string of the molecule is C[C@@H](O)[C@@H](C(=O)NO)N(C=O)c1ccc(C#CC#Cc2ccccc2)cc1. The van der Waals surface area contributed by atoms with Gasteiger partial charge in [0.05, 0.1) is 6.10 Å². The summed E-state index contributed by atoms with van der Waals surface area (Å²) in [4.78, 5) is 24.2. The molecule has 6 heteroatoms. The van der Waals surface area contributed by atoms with Gasteiger partial charge in [0, 0.05) is 16.8 Å². The Morgan fingerprint density at radius 3 is 2.07 bits per heavy atom. The van der Waals surface area contributed by atoms with Crippen LogP contribution in [-0.2, 0) is 9.59 Å². The summed E-state index contributed by atoms with van der Waals surface area (Å²) in [5.41, 5.74) is 3.37. The number of aliphatic hydroxyl groups is 1. The van der Waals surface area contributed by atoms with Crippen LogP contribution in [0, 0.1) is 23.7 Å². The predicted molar refractivity (Wildman–Crippen MR) is 101 cm³/mol. The van der Waals surface area contributed by atoms with Crippen molar-refractivity contribution < 1.29 is 19.9 Å². The molecule has 0 aliphatic rings. The Morgan fingerprint density at radius 2 is 1.59 bits per heavy atom. The maximum absolute atomic E-state index is 11.7. The van der Waals surface area contributed by atoms with Gasteiger partial charge in [-0.3, -0.25) is 19.7 Å². The number of benzene rings is 2. The van der Waals surface area contributed by atoms with E-state index >= 15 is 0 Å². The third-order valence-electron chi connectivity index (χ3n) is 3.66. The molecule has 27 heavy (non-hydrogen) atoms. The van der Waals surface area contributed by atoms with Crippen LogP contribution in [-0.4, -0.2) is 34.8 Å². The molecule has 136 valence electrons. The summed E-state index contributed by atoms with van der Waals surface area (Å²) in [6.07, 6.45) is -0.770. The molecule has 0 fully saturated rings. The van der Waals surface area contributed by atoms with E-state index in [2.05, 4.69) is 23.7 Å². The first kappa shape index (κ1) is 19.7. The van der Waals surface area contributed by atoms with E-state index in [0.717, 1.165) is 10.5 Å². The Kier molecular flexibility index (Phi) is 7.16. The Morgan fingerprint density at radius 1 is 1.04 bits per heavy atom. The van der Waals surface area contributed by atoms with Crippen molar-refractivity contribution in [1.29, 1.82) is 0 Å². The van der Waals surface area contributed by atoms with Crippen molar-refractivity contribution in [2.24, 2.45) is 0 Å². The second-order valence-corrected chi connectivity index (χ2v) is 5.59. The van der Waals surface area contributed by atoms with Gasteiger partial charge in [-0.25, -0.2) is 5.48 Å². The number of rotatable bonds is 5. The molecule has 0 unspecified atom stereocenters. The molecule has 2 amide bonds. The van der Waals surface area contributed by atoms with Crippen LogP contribution in [0.3, 0.4) is 0 Å². The highest BCUT2D eigenvalue weighted by Gasteiger charge is 2.30. The Bertz CT molecular complexity index is 900. The van der Waals surface area contributed by atoms with Crippen molar-refractivity contribution in [2.45, 2.75) is 19.1 Å². The lowest BCUT2D eigenvalue weighted by Gasteiger charge is -2.28. The summed E-state index contributed by atoms with van der Waals surface area (Å²) in [5, 5.41) is 18.6. The smallest absolute Gasteiger partial charge is 0.269 e. The van der Waals surface area contributed by atoms with Gasteiger partial charge in [0.1, 0.15) is 6.04 Å². The van der Waals surface area contributed by atoms with Crippen molar-refractivity contribution in [1.82, 2.24) is 5.48 Å². The Balaban J connectivity index is 2.16. The zero-order valence-electron chi connectivity index (χ0n) is 14.6. The van der Waals surface area contributed by atoms with E-state index in [1.807, 2.05) is 30.3 Å². The fourth-order valence-electron chi connectivity index (χ4n) is 2.38. The number of carbonyl (C=O) groups is 2. The number of nitrogens with one attached hydrogen (secondary N) is 1. The van der Waals surface area contributed by atoms with E-state index in [1.165, 1.54) is 12.4 Å². The summed E-state index contributed by atoms with van der Waals surface area (Å²) < 4.78 is 0. The zero-order valence-corrected chi connectivity index (χ0v) is 14.6. The van der Waals surface area contributed by atoms with Gasteiger partial charge < -0.3 is 5.11 Å². The molecule has 3 N–H and O–H groups in total. The number of hydrogen-bond donors (Lipinski definition) is 3. The van der Waals surface area contributed by atoms with Crippen LogP contribution >= 0.6 is 0 Å². The maximum Gasteiger partial charge on any atom is 0.269 e. The van der Waals surface area contributed by atoms with Gasteiger partial charge in [-0.05, 0) is 55.2 Å². The van der Waals surface area contributed by atoms with Gasteiger partial charge in [0.15, 0.2) is 0 Å². The highest BCUT2D eigenvalue weighted by molar-refractivity contribution is 5.92. The van der Waals surface area contributed by atoms with Crippen LogP contribution in [0.25, 0.3) is 0 Å². The molecule has 0 radical (unpaired) electrons. The molecule has 2 aromatic carbocycles. The van der Waals surface area contributed by atoms with Crippen LogP contribution < -0.4 is 10.4 Å². The minimum atomic E-state index is -1.26. The number of carbonyl (C=O) groups excluding carboxylic acids is 2. The highest BCUT2D eigenvalue weighted by atomic mass is 16.5. The molecular formula is C21H18N2O4. The quantitative estimate of drug-likeness (QED) is 0.324. The number of aliphatic hydroxyl groups excluding tert-OH is 1. The van der Waals surface area contributed by atoms with Crippen molar-refractivity contribution in [3.63, 3.8) is 0 Å². The van der Waals surface area contributed by atoms with Crippen molar-refractivity contribution >= 4 is 18.0 Å². The van der Waals surface area contributed by atoms with Crippen molar-refractivity contribution in [3.8, 4) is 23.7 Å². The molecular weight excluding hydrogens is 344 g/mol. The second-order valence-electron chi connectivity index (χ2n) is 5.59. The minimum Gasteiger partial charge on any atom is -0.391 e. The molecule has 0 heterocycles. The summed E-state index contributed by atoms with van der Waals surface area (Å²) in [6, 6.07) is 14.7. The lowest BCUT2D eigenvalue weighted by molar-refractivity contribution is -0.134. The first-order valence-electron chi connectivity index (χ1n) is 8.09. The molecule has 0 spiro atoms. The standard InChI is InChI=1S/C21H18N2O4/c1-16(25)20(21(26)22-27)23(15-24)19-13-11-18(12-14-19)10-6-5-9-17-7-3-2-4-8-17/h2-4,7-8,11-16,20,25,27H,1H3,(H,22,26)/t16-,20+/m1/s1. The number of hydrogen-bond acceptors (Lipinski definition) is 4. The van der Waals surface area contributed by atoms with Gasteiger partial charge in [-0.15, -0.1) is 0 Å². The van der Waals surface area contributed by atoms with Crippen LogP contribution in [0.4, 0.5) is 5.69 Å². The average Bonchev–Trinajstić information content (AvgIpc) is 2.70. The molecule has 6 nitrogen and oxygen atoms in total. The van der Waals surface area contributed by atoms with Gasteiger partial charge in [0.25, 0.3) is 5.91 Å². The third kappa shape index (κ3) is 5.45. The lowest BCUT2D eigenvalue weighted by atomic mass is 10.1. The summed E-state index contributed by atoms with van der Waals surface area (Å²) >= 11 is 0. The van der Waals surface area contributed by atoms with Gasteiger partial charge >= 0.3 is 0 Å². The molecule has 2 atom stereocenters. The second kappa shape index (κ2) is 9.79. The van der Waals surface area contributed by atoms with Gasteiger partial charge in [-0.1, -0.05) is 30.0 Å². The van der Waals surface area contributed by atoms with Crippen molar-refractivity contribution in [2.75, 3.05) is 4.90 Å². The van der Waals surface area contributed by atoms with Crippen LogP contribution in [0.2, 0.25) is 0 Å². The minimum absolute atomic E-state index is 0.375. The fourth-order valence-corrected chi connectivity index (χ4v) is 2.38. The molecule has 2 aromatic rings. The molecule has 0 saturated heterocycles. The molecule has 0 saturated carbocycles. The fraction of sp³-hybridized carbons (Fsp3) is 0.143. The maximum atomic E-state index is 11.7. The largest absolute Gasteiger partial charge is 0.391 e. The van der Waals surface area contributed by atoms with E-state index in [-0.39, 0.29) is 0 Å². The normalized spacial score (nSPS) is 11.7. The van der Waals surface area contributed by atoms with Gasteiger partial charge in [-0.2, -0.15) is 0 Å². The third-order valence-corrected chi connectivity index (χ3v) is 3.66. The summed E-state index contributed by atoms with van der Waals surface area (Å²) in [7, 11) is 0. The van der Waals surface area contributed by atoms with Crippen molar-refractivity contribution in [3.05, 3.63) is 65.7 Å². The molecule has 0 aliphatic heterocycles. The Hall–Kier alpha value is -3.58. The van der Waals surface area contributed by atoms with Crippen LogP contribution in [0.5, 0.6) is 0 Å². The lowest BCUT2D eigenvalue weighted by Crippen LogP contribution is -2.51. The molecule has 0 aromatic heterocycles. The van der Waals surface area contributed by atoms with E-state index < -0.39 is 18.1 Å². The topological polar surface area (TPSA) is 89.9 Å². The molecule has 0 aliphatic carbocycles. The van der Waals surface area contributed by atoms with E-state index in [0.29, 0.717) is 17.7 Å². The number of amides is 2. The first-order valence-corrected chi connectivity index (χ1v) is 8.09. The summed E-state index contributed by atoms with van der Waals surface area (Å²) in [6.45, 7) is 1.35. The van der Waals surface area contributed by atoms with E-state index in [4.69, 9.17) is 5.21 Å². The monoisotopic (exact) mass is 362 g/mol. The van der Waals surface area contributed by atoms with E-state index in [9.17, 15) is 14.7 Å². The van der Waals surface area contributed by atoms with Gasteiger partial charge in [0.2, 0.25) is 6.41 Å². The van der Waals surface area contributed by atoms with Crippen LogP contribution in [0.1, 0.15) is 18.1 Å². The van der Waals surface area contributed by atoms with E-state index in [1.54, 1.807) is 24.3 Å². The van der Waals surface area contributed by atoms with Crippen LogP contribution in [0.15, 0.2) is 54.6 Å². The number of nitrogens with zero attached hydrogens (tertiary/aromatic N) is 1. The first-order chi connectivity index (χ1) is 13.1. The predicted octanol–water partition coefficient (Wildman–Crippen LogP) is 1.31. The highest BCUT2D eigenvalue weighted by Crippen LogP contribution is 2.18. The Labute approximate surface area is 157 Å².